The van der Waals surface area contributed by atoms with E-state index in [1.54, 1.807) is 24.3 Å². The van der Waals surface area contributed by atoms with E-state index >= 15 is 0 Å². The topological polar surface area (TPSA) is 119 Å². The molecule has 29 heavy (non-hydrogen) atoms. The molecule has 1 aliphatic heterocycles. The summed E-state index contributed by atoms with van der Waals surface area (Å²) in [5.74, 6) is -2.22. The number of ether oxygens (including phenoxy) is 1. The highest BCUT2D eigenvalue weighted by atomic mass is 16.6. The number of carbonyl (C=O) groups excluding carboxylic acids is 3. The number of hydrogen-bond donors (Lipinski definition) is 1. The van der Waals surface area contributed by atoms with Gasteiger partial charge < -0.3 is 15.0 Å². The van der Waals surface area contributed by atoms with E-state index in [9.17, 15) is 24.5 Å². The highest BCUT2D eigenvalue weighted by molar-refractivity contribution is 6.00. The first kappa shape index (κ1) is 20.0. The minimum atomic E-state index is -0.742. The van der Waals surface area contributed by atoms with Crippen LogP contribution in [0.1, 0.15) is 12.0 Å². The largest absolute Gasteiger partial charge is 0.455 e. The summed E-state index contributed by atoms with van der Waals surface area (Å²) in [5.41, 5.74) is 1.77. The maximum atomic E-state index is 12.3. The number of esters is 1. The lowest BCUT2D eigenvalue weighted by Gasteiger charge is -2.16. The van der Waals surface area contributed by atoms with Gasteiger partial charge in [0.05, 0.1) is 16.5 Å². The Kier molecular flexibility index (Phi) is 5.87. The number of benzene rings is 2. The molecular formula is C20H19N3O6. The number of aryl methyl sites for hydroxylation is 1. The molecule has 1 saturated heterocycles. The molecule has 1 aliphatic rings. The van der Waals surface area contributed by atoms with Crippen LogP contribution in [0, 0.1) is 23.0 Å². The van der Waals surface area contributed by atoms with Crippen molar-refractivity contribution in [3.05, 3.63) is 64.2 Å². The number of nitro groups is 1. The number of nitrogens with zero attached hydrogens (tertiary/aromatic N) is 2. The van der Waals surface area contributed by atoms with Gasteiger partial charge in [0.1, 0.15) is 0 Å². The average Bonchev–Trinajstić information content (AvgIpc) is 3.08. The zero-order chi connectivity index (χ0) is 21.0. The third-order valence-electron chi connectivity index (χ3n) is 4.46. The first-order valence-corrected chi connectivity index (χ1v) is 8.91. The number of nitro benzene ring substituents is 1. The van der Waals surface area contributed by atoms with Gasteiger partial charge in [0, 0.05) is 30.8 Å². The van der Waals surface area contributed by atoms with Gasteiger partial charge in [0.25, 0.3) is 11.6 Å². The van der Waals surface area contributed by atoms with Crippen LogP contribution in [0.4, 0.5) is 17.1 Å². The fraction of sp³-hybridized carbons (Fsp3) is 0.250. The van der Waals surface area contributed by atoms with Gasteiger partial charge in [-0.3, -0.25) is 24.5 Å². The van der Waals surface area contributed by atoms with Crippen molar-refractivity contribution in [1.82, 2.24) is 0 Å². The van der Waals surface area contributed by atoms with E-state index in [0.717, 1.165) is 5.56 Å². The van der Waals surface area contributed by atoms with E-state index in [-0.39, 0.29) is 24.6 Å². The van der Waals surface area contributed by atoms with E-state index in [4.69, 9.17) is 4.74 Å². The van der Waals surface area contributed by atoms with Gasteiger partial charge in [-0.05, 0) is 30.7 Å². The van der Waals surface area contributed by atoms with Crippen LogP contribution in [0.15, 0.2) is 48.5 Å². The molecule has 2 amide bonds. The molecule has 9 nitrogen and oxygen atoms in total. The Hall–Kier alpha value is -3.75. The monoisotopic (exact) mass is 397 g/mol. The lowest BCUT2D eigenvalue weighted by molar-refractivity contribution is -0.384. The minimum Gasteiger partial charge on any atom is -0.455 e. The summed E-state index contributed by atoms with van der Waals surface area (Å²) in [6.45, 7) is 1.46. The van der Waals surface area contributed by atoms with Gasteiger partial charge >= 0.3 is 5.97 Å². The van der Waals surface area contributed by atoms with Crippen molar-refractivity contribution in [1.29, 1.82) is 0 Å². The van der Waals surface area contributed by atoms with Crippen molar-refractivity contribution < 1.29 is 24.0 Å². The fourth-order valence-corrected chi connectivity index (χ4v) is 3.06. The predicted octanol–water partition coefficient (Wildman–Crippen LogP) is 2.44. The molecule has 1 N–H and O–H groups in total. The summed E-state index contributed by atoms with van der Waals surface area (Å²) in [6, 6.07) is 12.8. The SMILES string of the molecule is Cc1cccc(NC(=O)COC(=O)[C@@H]2CC(=O)N(c3cccc([N+](=O)[O-])c3)C2)c1. The van der Waals surface area contributed by atoms with E-state index in [1.165, 1.54) is 23.1 Å². The van der Waals surface area contributed by atoms with Crippen LogP contribution in [0.25, 0.3) is 0 Å². The second kappa shape index (κ2) is 8.51. The van der Waals surface area contributed by atoms with Crippen LogP contribution in [0.5, 0.6) is 0 Å². The van der Waals surface area contributed by atoms with Crippen molar-refractivity contribution >= 4 is 34.8 Å². The van der Waals surface area contributed by atoms with Gasteiger partial charge in [-0.25, -0.2) is 0 Å². The molecule has 2 aromatic rings. The first-order valence-electron chi connectivity index (χ1n) is 8.91. The molecule has 0 unspecified atom stereocenters. The van der Waals surface area contributed by atoms with Gasteiger partial charge in [-0.15, -0.1) is 0 Å². The van der Waals surface area contributed by atoms with Crippen molar-refractivity contribution in [2.45, 2.75) is 13.3 Å². The van der Waals surface area contributed by atoms with Crippen molar-refractivity contribution in [2.24, 2.45) is 5.92 Å². The molecule has 1 fully saturated rings. The molecule has 0 radical (unpaired) electrons. The highest BCUT2D eigenvalue weighted by Gasteiger charge is 2.36. The Bertz CT molecular complexity index is 974. The standard InChI is InChI=1S/C20H19N3O6/c1-13-4-2-5-15(8-13)21-18(24)12-29-20(26)14-9-19(25)22(11-14)16-6-3-7-17(10-16)23(27)28/h2-8,10,14H,9,11-12H2,1H3,(H,21,24)/t14-/m1/s1. The molecule has 1 heterocycles. The third-order valence-corrected chi connectivity index (χ3v) is 4.46. The molecular weight excluding hydrogens is 378 g/mol. The molecule has 0 bridgehead atoms. The summed E-state index contributed by atoms with van der Waals surface area (Å²) >= 11 is 0. The summed E-state index contributed by atoms with van der Waals surface area (Å²) in [7, 11) is 0. The number of nitrogens with one attached hydrogen (secondary N) is 1. The number of non-ortho nitro benzene ring substituents is 1. The Morgan fingerprint density at radius 1 is 1.24 bits per heavy atom. The minimum absolute atomic E-state index is 0.0400. The van der Waals surface area contributed by atoms with Crippen molar-refractivity contribution in [3.63, 3.8) is 0 Å². The molecule has 1 atom stereocenters. The Morgan fingerprint density at radius 3 is 2.72 bits per heavy atom. The zero-order valence-electron chi connectivity index (χ0n) is 15.7. The van der Waals surface area contributed by atoms with Gasteiger partial charge in [0.2, 0.25) is 5.91 Å². The maximum absolute atomic E-state index is 12.3. The highest BCUT2D eigenvalue weighted by Crippen LogP contribution is 2.28. The van der Waals surface area contributed by atoms with E-state index in [1.807, 2.05) is 13.0 Å². The fourth-order valence-electron chi connectivity index (χ4n) is 3.06. The predicted molar refractivity (Wildman–Crippen MR) is 104 cm³/mol. The van der Waals surface area contributed by atoms with Crippen LogP contribution in [0.2, 0.25) is 0 Å². The van der Waals surface area contributed by atoms with Crippen LogP contribution in [-0.4, -0.2) is 35.9 Å². The second-order valence-electron chi connectivity index (χ2n) is 6.71. The van der Waals surface area contributed by atoms with E-state index in [0.29, 0.717) is 11.4 Å². The van der Waals surface area contributed by atoms with E-state index in [2.05, 4.69) is 5.32 Å². The zero-order valence-corrected chi connectivity index (χ0v) is 15.7. The van der Waals surface area contributed by atoms with Crippen LogP contribution < -0.4 is 10.2 Å². The number of hydrogen-bond acceptors (Lipinski definition) is 6. The first-order chi connectivity index (χ1) is 13.8. The molecule has 9 heteroatoms. The van der Waals surface area contributed by atoms with Crippen LogP contribution in [-0.2, 0) is 19.1 Å². The summed E-state index contributed by atoms with van der Waals surface area (Å²) < 4.78 is 5.05. The average molecular weight is 397 g/mol. The molecule has 3 rings (SSSR count). The summed E-state index contributed by atoms with van der Waals surface area (Å²) in [5, 5.41) is 13.5. The van der Waals surface area contributed by atoms with Crippen LogP contribution in [0.3, 0.4) is 0 Å². The van der Waals surface area contributed by atoms with Crippen molar-refractivity contribution in [2.75, 3.05) is 23.4 Å². The third kappa shape index (κ3) is 4.95. The Morgan fingerprint density at radius 2 is 2.00 bits per heavy atom. The lowest BCUT2D eigenvalue weighted by Crippen LogP contribution is -2.28. The second-order valence-corrected chi connectivity index (χ2v) is 6.71. The summed E-state index contributed by atoms with van der Waals surface area (Å²) in [6.07, 6.45) is -0.0823. The van der Waals surface area contributed by atoms with Crippen molar-refractivity contribution in [3.8, 4) is 0 Å². The lowest BCUT2D eigenvalue weighted by atomic mass is 10.1. The molecule has 0 aromatic heterocycles. The molecule has 0 aliphatic carbocycles. The molecule has 2 aromatic carbocycles. The molecule has 0 saturated carbocycles. The van der Waals surface area contributed by atoms with Gasteiger partial charge in [-0.1, -0.05) is 18.2 Å². The Labute approximate surface area is 166 Å². The van der Waals surface area contributed by atoms with E-state index < -0.39 is 29.3 Å². The van der Waals surface area contributed by atoms with Crippen LogP contribution >= 0.6 is 0 Å². The molecule has 150 valence electrons. The van der Waals surface area contributed by atoms with Gasteiger partial charge in [0.15, 0.2) is 6.61 Å². The number of anilines is 2. The number of rotatable bonds is 6. The normalized spacial score (nSPS) is 15.8. The Balaban J connectivity index is 1.55. The number of amides is 2. The smallest absolute Gasteiger partial charge is 0.311 e. The maximum Gasteiger partial charge on any atom is 0.311 e. The molecule has 0 spiro atoms. The quantitative estimate of drug-likeness (QED) is 0.454. The number of carbonyl (C=O) groups is 3. The van der Waals surface area contributed by atoms with Gasteiger partial charge in [-0.2, -0.15) is 0 Å². The summed E-state index contributed by atoms with van der Waals surface area (Å²) in [4.78, 5) is 48.1.